The Morgan fingerprint density at radius 2 is 1.00 bits per heavy atom. The van der Waals surface area contributed by atoms with E-state index < -0.39 is 0 Å². The van der Waals surface area contributed by atoms with Crippen molar-refractivity contribution in [3.05, 3.63) is 73.3 Å². The minimum Gasteiger partial charge on any atom is -0.378 e. The van der Waals surface area contributed by atoms with Crippen molar-refractivity contribution in [1.29, 1.82) is 0 Å². The molecular formula is C30H46N10O+2. The van der Waals surface area contributed by atoms with E-state index in [1.807, 2.05) is 95.5 Å². The first-order valence-corrected chi connectivity index (χ1v) is 12.9. The molecule has 2 aromatic heterocycles. The minimum atomic E-state index is 0. The van der Waals surface area contributed by atoms with Crippen molar-refractivity contribution in [3.8, 4) is 0 Å². The maximum atomic E-state index is 5.91. The van der Waals surface area contributed by atoms with E-state index in [-0.39, 0.29) is 14.9 Å². The van der Waals surface area contributed by atoms with Crippen molar-refractivity contribution < 1.29 is 13.9 Å². The van der Waals surface area contributed by atoms with Gasteiger partial charge >= 0.3 is 11.9 Å². The van der Waals surface area contributed by atoms with E-state index in [2.05, 4.69) is 68.6 Å². The van der Waals surface area contributed by atoms with Crippen molar-refractivity contribution in [1.82, 2.24) is 9.13 Å². The number of likely N-dealkylation sites (N-methyl/N-ethyl adjacent to an activating group) is 2. The molecule has 0 aliphatic rings. The quantitative estimate of drug-likeness (QED) is 0.126. The molecule has 0 unspecified atom stereocenters. The Labute approximate surface area is 244 Å². The fraction of sp³-hybridized carbons (Fsp3) is 0.400. The molecule has 2 heterocycles. The monoisotopic (exact) mass is 562 g/mol. The van der Waals surface area contributed by atoms with Crippen LogP contribution in [0.3, 0.4) is 0 Å². The number of imidazole rings is 2. The first-order valence-electron chi connectivity index (χ1n) is 12.9. The van der Waals surface area contributed by atoms with Crippen LogP contribution in [0.15, 0.2) is 93.8 Å². The lowest BCUT2D eigenvalue weighted by Crippen LogP contribution is -2.26. The van der Waals surface area contributed by atoms with E-state index in [1.165, 1.54) is 0 Å². The third-order valence-corrected chi connectivity index (χ3v) is 6.52. The first kappa shape index (κ1) is 32.8. The Balaban J connectivity index is 0.00000294. The molecule has 4 aromatic rings. The lowest BCUT2D eigenvalue weighted by Gasteiger charge is -2.21. The zero-order valence-corrected chi connectivity index (χ0v) is 23.6. The van der Waals surface area contributed by atoms with Gasteiger partial charge in [-0.1, -0.05) is 25.1 Å². The molecule has 220 valence electrons. The molecule has 0 radical (unpaired) electrons. The third-order valence-electron chi connectivity index (χ3n) is 6.52. The van der Waals surface area contributed by atoms with E-state index in [9.17, 15) is 0 Å². The number of benzene rings is 2. The molecule has 11 nitrogen and oxygen atoms in total. The van der Waals surface area contributed by atoms with Crippen molar-refractivity contribution in [3.63, 3.8) is 0 Å². The first-order chi connectivity index (χ1) is 18.8. The number of ether oxygens (including phenoxy) is 1. The highest BCUT2D eigenvalue weighted by molar-refractivity contribution is 5.53. The van der Waals surface area contributed by atoms with Crippen LogP contribution in [0.2, 0.25) is 0 Å². The zero-order chi connectivity index (χ0) is 27.8. The highest BCUT2D eigenvalue weighted by Crippen LogP contribution is 2.22. The summed E-state index contributed by atoms with van der Waals surface area (Å²) in [6.07, 6.45) is 7.80. The summed E-state index contributed by atoms with van der Waals surface area (Å²) in [7, 11) is 11.9. The van der Waals surface area contributed by atoms with Gasteiger partial charge in [0.15, 0.2) is 0 Å². The summed E-state index contributed by atoms with van der Waals surface area (Å²) in [5.74, 6) is 1.58. The molecule has 2 aromatic carbocycles. The minimum absolute atomic E-state index is 0. The number of azo groups is 2. The summed E-state index contributed by atoms with van der Waals surface area (Å²) in [5.41, 5.74) is 3.84. The maximum absolute atomic E-state index is 5.91. The lowest BCUT2D eigenvalue weighted by molar-refractivity contribution is -0.657. The van der Waals surface area contributed by atoms with Gasteiger partial charge in [0.2, 0.25) is 0 Å². The van der Waals surface area contributed by atoms with Gasteiger partial charge in [-0.2, -0.15) is 0 Å². The van der Waals surface area contributed by atoms with Crippen LogP contribution in [0, 0.1) is 0 Å². The Morgan fingerprint density at radius 3 is 1.32 bits per heavy atom. The highest BCUT2D eigenvalue weighted by Gasteiger charge is 2.11. The number of aryl methyl sites for hydroxylation is 4. The second-order valence-corrected chi connectivity index (χ2v) is 9.53. The molecule has 0 bridgehead atoms. The summed E-state index contributed by atoms with van der Waals surface area (Å²) < 4.78 is 13.6. The summed E-state index contributed by atoms with van der Waals surface area (Å²) in [4.78, 5) is 4.34. The average Bonchev–Trinajstić information content (AvgIpc) is 3.44. The van der Waals surface area contributed by atoms with Crippen molar-refractivity contribution in [2.24, 2.45) is 48.6 Å². The van der Waals surface area contributed by atoms with Crippen molar-refractivity contribution in [2.75, 3.05) is 50.2 Å². The largest absolute Gasteiger partial charge is 0.421 e. The van der Waals surface area contributed by atoms with Crippen LogP contribution in [-0.2, 0) is 32.9 Å². The van der Waals surface area contributed by atoms with Gasteiger partial charge in [-0.05, 0) is 48.5 Å². The Bertz CT molecular complexity index is 1260. The topological polar surface area (TPSA) is 82.8 Å². The van der Waals surface area contributed by atoms with Gasteiger partial charge < -0.3 is 14.5 Å². The summed E-state index contributed by atoms with van der Waals surface area (Å²) >= 11 is 0. The number of hydrogen-bond acceptors (Lipinski definition) is 7. The number of rotatable bonds is 12. The normalized spacial score (nSPS) is 11.1. The van der Waals surface area contributed by atoms with Crippen molar-refractivity contribution in [2.45, 2.75) is 14.9 Å². The summed E-state index contributed by atoms with van der Waals surface area (Å²) in [5, 5.41) is 17.4. The highest BCUT2D eigenvalue weighted by atomic mass is 16.5. The molecule has 0 atom stereocenters. The van der Waals surface area contributed by atoms with Gasteiger partial charge in [-0.25, -0.2) is 18.3 Å². The molecule has 0 amide bonds. The van der Waals surface area contributed by atoms with Crippen LogP contribution in [0.1, 0.15) is 14.9 Å². The summed E-state index contributed by atoms with van der Waals surface area (Å²) in [6, 6.07) is 16.1. The number of nitrogens with zero attached hydrogens (tertiary/aromatic N) is 10. The van der Waals surface area contributed by atoms with Crippen LogP contribution in [0.5, 0.6) is 0 Å². The Morgan fingerprint density at radius 1 is 0.634 bits per heavy atom. The molecule has 11 heteroatoms. The van der Waals surface area contributed by atoms with Crippen molar-refractivity contribution >= 4 is 34.6 Å². The Hall–Kier alpha value is -4.38. The number of aromatic nitrogens is 4. The van der Waals surface area contributed by atoms with Crippen LogP contribution >= 0.6 is 0 Å². The molecule has 0 aliphatic carbocycles. The molecule has 0 spiro atoms. The van der Waals surface area contributed by atoms with Crippen LogP contribution in [0.25, 0.3) is 0 Å². The Kier molecular flexibility index (Phi) is 12.3. The predicted octanol–water partition coefficient (Wildman–Crippen LogP) is 5.70. The molecule has 0 saturated heterocycles. The smallest absolute Gasteiger partial charge is 0.378 e. The molecule has 41 heavy (non-hydrogen) atoms. The molecule has 0 fully saturated rings. The van der Waals surface area contributed by atoms with Gasteiger partial charge in [0, 0.05) is 48.8 Å². The molecule has 0 N–H and O–H groups in total. The molecule has 4 rings (SSSR count). The van der Waals surface area contributed by atoms with Crippen LogP contribution < -0.4 is 18.9 Å². The standard InChI is InChI=1S/C28H38N10O.2CH4/c1-33(25-11-7-23(8-12-25)29-31-27-35(3)15-16-36(27)4)19-21-39-22-20-34(2)26-13-9-24(10-14-26)30-32-28-37(5)17-18-38(28)6;;/h7-18H,19-22H2,1-6H3;2*1H4/q+2;;. The van der Waals surface area contributed by atoms with E-state index in [1.54, 1.807) is 0 Å². The second-order valence-electron chi connectivity index (χ2n) is 9.53. The maximum Gasteiger partial charge on any atom is 0.421 e. The van der Waals surface area contributed by atoms with Crippen LogP contribution in [0.4, 0.5) is 34.6 Å². The average molecular weight is 563 g/mol. The number of hydrogen-bond donors (Lipinski definition) is 0. The van der Waals surface area contributed by atoms with Gasteiger partial charge in [0.1, 0.15) is 11.4 Å². The second kappa shape index (κ2) is 15.4. The molecule has 0 aliphatic heterocycles. The SMILES string of the molecule is C.C.CN(CCOCCN(C)c1ccc(N=Nc2n(C)cc[n+]2C)cc1)c1ccc(N=Nc2n(C)cc[n+]2C)cc1. The van der Waals surface area contributed by atoms with Gasteiger partial charge in [-0.3, -0.25) is 0 Å². The van der Waals surface area contributed by atoms with Gasteiger partial charge in [-0.15, -0.1) is 0 Å². The van der Waals surface area contributed by atoms with Gasteiger partial charge in [0.05, 0.1) is 66.2 Å². The van der Waals surface area contributed by atoms with E-state index in [0.29, 0.717) is 13.2 Å². The van der Waals surface area contributed by atoms with Crippen LogP contribution in [-0.4, -0.2) is 49.5 Å². The predicted molar refractivity (Wildman–Crippen MR) is 165 cm³/mol. The zero-order valence-electron chi connectivity index (χ0n) is 23.6. The summed E-state index contributed by atoms with van der Waals surface area (Å²) in [6.45, 7) is 2.88. The fourth-order valence-electron chi connectivity index (χ4n) is 3.96. The molecule has 0 saturated carbocycles. The lowest BCUT2D eigenvalue weighted by atomic mass is 10.2. The fourth-order valence-corrected chi connectivity index (χ4v) is 3.96. The number of anilines is 2. The third kappa shape index (κ3) is 8.81. The van der Waals surface area contributed by atoms with E-state index in [4.69, 9.17) is 4.74 Å². The van der Waals surface area contributed by atoms with E-state index >= 15 is 0 Å². The van der Waals surface area contributed by atoms with E-state index in [0.717, 1.165) is 47.7 Å². The molecular weight excluding hydrogens is 516 g/mol. The van der Waals surface area contributed by atoms with Gasteiger partial charge in [0.25, 0.3) is 0 Å².